The van der Waals surface area contributed by atoms with Gasteiger partial charge in [-0.25, -0.2) is 0 Å². The minimum Gasteiger partial charge on any atom is -0.352 e. The topological polar surface area (TPSA) is 49.4 Å². The van der Waals surface area contributed by atoms with Gasteiger partial charge in [-0.3, -0.25) is 9.59 Å². The molecule has 0 fully saturated rings. The van der Waals surface area contributed by atoms with Crippen molar-refractivity contribution >= 4 is 39.5 Å². The van der Waals surface area contributed by atoms with Crippen LogP contribution in [0.2, 0.25) is 0 Å². The average molecular weight is 568 g/mol. The minimum atomic E-state index is -0.600. The maximum Gasteiger partial charge on any atom is 0.243 e. The van der Waals surface area contributed by atoms with Gasteiger partial charge in [-0.05, 0) is 55.7 Å². The van der Waals surface area contributed by atoms with Gasteiger partial charge in [-0.2, -0.15) is 0 Å². The summed E-state index contributed by atoms with van der Waals surface area (Å²) in [5.74, 6) is 0.527. The van der Waals surface area contributed by atoms with Crippen LogP contribution in [0.25, 0.3) is 0 Å². The van der Waals surface area contributed by atoms with Crippen molar-refractivity contribution in [1.82, 2.24) is 10.2 Å². The highest BCUT2D eigenvalue weighted by atomic mass is 79.9. The monoisotopic (exact) mass is 566 g/mol. The van der Waals surface area contributed by atoms with Crippen LogP contribution in [0.1, 0.15) is 43.4 Å². The zero-order chi connectivity index (χ0) is 25.9. The summed E-state index contributed by atoms with van der Waals surface area (Å²) in [5, 5.41) is 3.12. The predicted octanol–water partition coefficient (Wildman–Crippen LogP) is 6.79. The van der Waals surface area contributed by atoms with Crippen LogP contribution in [0.4, 0.5) is 0 Å². The number of hydrogen-bond donors (Lipinski definition) is 1. The van der Waals surface area contributed by atoms with Gasteiger partial charge >= 0.3 is 0 Å². The first-order chi connectivity index (χ1) is 17.4. The van der Waals surface area contributed by atoms with E-state index in [1.807, 2.05) is 68.4 Å². The van der Waals surface area contributed by atoms with Gasteiger partial charge in [0.1, 0.15) is 6.04 Å². The van der Waals surface area contributed by atoms with Crippen LogP contribution in [0.3, 0.4) is 0 Å². The lowest BCUT2D eigenvalue weighted by Crippen LogP contribution is -2.52. The Bertz CT molecular complexity index is 1120. The molecule has 190 valence electrons. The molecular formula is C30H35BrN2O2S. The van der Waals surface area contributed by atoms with E-state index in [1.165, 1.54) is 5.56 Å². The van der Waals surface area contributed by atoms with Crippen LogP contribution in [0.5, 0.6) is 0 Å². The van der Waals surface area contributed by atoms with E-state index in [0.29, 0.717) is 25.1 Å². The molecule has 4 nitrogen and oxygen atoms in total. The Morgan fingerprint density at radius 1 is 0.972 bits per heavy atom. The normalized spacial score (nSPS) is 12.6. The van der Waals surface area contributed by atoms with Gasteiger partial charge in [0.25, 0.3) is 0 Å². The van der Waals surface area contributed by atoms with Crippen LogP contribution in [-0.2, 0) is 22.6 Å². The first kappa shape index (κ1) is 28.0. The number of hydrogen-bond acceptors (Lipinski definition) is 3. The molecule has 2 amide bonds. The number of thioether (sulfide) groups is 1. The predicted molar refractivity (Wildman–Crippen MR) is 153 cm³/mol. The third-order valence-electron chi connectivity index (χ3n) is 6.12. The lowest BCUT2D eigenvalue weighted by Gasteiger charge is -2.32. The molecule has 0 spiro atoms. The third-order valence-corrected chi connectivity index (χ3v) is 7.63. The van der Waals surface area contributed by atoms with Crippen molar-refractivity contribution in [1.29, 1.82) is 0 Å². The molecular weight excluding hydrogens is 532 g/mol. The van der Waals surface area contributed by atoms with Crippen molar-refractivity contribution in [2.45, 2.75) is 63.6 Å². The van der Waals surface area contributed by atoms with Crippen molar-refractivity contribution in [3.05, 3.63) is 100 Å². The lowest BCUT2D eigenvalue weighted by atomic mass is 10.0. The van der Waals surface area contributed by atoms with E-state index in [-0.39, 0.29) is 17.9 Å². The zero-order valence-corrected chi connectivity index (χ0v) is 23.6. The molecule has 0 bridgehead atoms. The van der Waals surface area contributed by atoms with E-state index in [4.69, 9.17) is 0 Å². The largest absolute Gasteiger partial charge is 0.352 e. The molecule has 6 heteroatoms. The molecule has 0 aliphatic carbocycles. The van der Waals surface area contributed by atoms with Gasteiger partial charge in [0.05, 0.1) is 0 Å². The quantitative estimate of drug-likeness (QED) is 0.245. The molecule has 0 aliphatic rings. The standard InChI is InChI=1S/C30H35BrN2O2S/c1-4-23(3)32-30(35)28(20-24-9-6-5-7-10-24)33(21-25-11-8-12-26(31)19-25)29(34)17-18-36-27-15-13-22(2)14-16-27/h5-16,19,23,28H,4,17-18,20-21H2,1-3H3,(H,32,35)/t23-,28-/m0/s1. The molecule has 0 radical (unpaired) electrons. The summed E-state index contributed by atoms with van der Waals surface area (Å²) in [7, 11) is 0. The number of nitrogens with one attached hydrogen (secondary N) is 1. The minimum absolute atomic E-state index is 0.0187. The lowest BCUT2D eigenvalue weighted by molar-refractivity contribution is -0.141. The van der Waals surface area contributed by atoms with Crippen molar-refractivity contribution < 1.29 is 9.59 Å². The van der Waals surface area contributed by atoms with Crippen molar-refractivity contribution in [2.24, 2.45) is 0 Å². The van der Waals surface area contributed by atoms with Gasteiger partial charge < -0.3 is 10.2 Å². The Morgan fingerprint density at radius 3 is 2.33 bits per heavy atom. The fraction of sp³-hybridized carbons (Fsp3) is 0.333. The van der Waals surface area contributed by atoms with E-state index in [2.05, 4.69) is 52.4 Å². The molecule has 3 aromatic rings. The van der Waals surface area contributed by atoms with Gasteiger partial charge in [0.2, 0.25) is 11.8 Å². The molecule has 0 saturated carbocycles. The molecule has 36 heavy (non-hydrogen) atoms. The van der Waals surface area contributed by atoms with Gasteiger partial charge in [-0.15, -0.1) is 11.8 Å². The first-order valence-electron chi connectivity index (χ1n) is 12.4. The van der Waals surface area contributed by atoms with Gasteiger partial charge in [0.15, 0.2) is 0 Å². The maximum atomic E-state index is 13.7. The van der Waals surface area contributed by atoms with Gasteiger partial charge in [0, 0.05) is 40.5 Å². The molecule has 0 heterocycles. The molecule has 0 aliphatic heterocycles. The summed E-state index contributed by atoms with van der Waals surface area (Å²) in [5.41, 5.74) is 3.23. The number of nitrogens with zero attached hydrogens (tertiary/aromatic N) is 1. The van der Waals surface area contributed by atoms with Crippen LogP contribution in [-0.4, -0.2) is 34.6 Å². The molecule has 3 aromatic carbocycles. The van der Waals surface area contributed by atoms with Crippen LogP contribution < -0.4 is 5.32 Å². The number of carbonyl (C=O) groups is 2. The van der Waals surface area contributed by atoms with E-state index in [0.717, 1.165) is 26.9 Å². The Labute approximate surface area is 228 Å². The Kier molecular flexibility index (Phi) is 11.1. The summed E-state index contributed by atoms with van der Waals surface area (Å²) in [6.07, 6.45) is 1.65. The summed E-state index contributed by atoms with van der Waals surface area (Å²) >= 11 is 5.20. The highest BCUT2D eigenvalue weighted by molar-refractivity contribution is 9.10. The molecule has 1 N–H and O–H groups in total. The summed E-state index contributed by atoms with van der Waals surface area (Å²) < 4.78 is 0.950. The number of benzene rings is 3. The summed E-state index contributed by atoms with van der Waals surface area (Å²) in [4.78, 5) is 30.1. The third kappa shape index (κ3) is 8.82. The fourth-order valence-electron chi connectivity index (χ4n) is 3.86. The summed E-state index contributed by atoms with van der Waals surface area (Å²) in [6.45, 7) is 6.48. The Balaban J connectivity index is 1.85. The molecule has 0 aromatic heterocycles. The smallest absolute Gasteiger partial charge is 0.243 e. The number of halogens is 1. The van der Waals surface area contributed by atoms with Crippen LogP contribution in [0.15, 0.2) is 88.2 Å². The fourth-order valence-corrected chi connectivity index (χ4v) is 5.15. The second-order valence-corrected chi connectivity index (χ2v) is 11.2. The highest BCUT2D eigenvalue weighted by Gasteiger charge is 2.30. The van der Waals surface area contributed by atoms with Crippen LogP contribution >= 0.6 is 27.7 Å². The van der Waals surface area contributed by atoms with Crippen molar-refractivity contribution in [3.63, 3.8) is 0 Å². The second-order valence-electron chi connectivity index (χ2n) is 9.09. The molecule has 0 unspecified atom stereocenters. The number of rotatable bonds is 12. The summed E-state index contributed by atoms with van der Waals surface area (Å²) in [6, 6.07) is 25.6. The van der Waals surface area contributed by atoms with E-state index >= 15 is 0 Å². The number of amides is 2. The van der Waals surface area contributed by atoms with Gasteiger partial charge in [-0.1, -0.05) is 83.0 Å². The average Bonchev–Trinajstić information content (AvgIpc) is 2.87. The second kappa shape index (κ2) is 14.2. The highest BCUT2D eigenvalue weighted by Crippen LogP contribution is 2.22. The Hall–Kier alpha value is -2.57. The van der Waals surface area contributed by atoms with Crippen molar-refractivity contribution in [3.8, 4) is 0 Å². The van der Waals surface area contributed by atoms with E-state index in [1.54, 1.807) is 16.7 Å². The Morgan fingerprint density at radius 2 is 1.67 bits per heavy atom. The van der Waals surface area contributed by atoms with Crippen LogP contribution in [0, 0.1) is 6.92 Å². The SMILES string of the molecule is CC[C@H](C)NC(=O)[C@H](Cc1ccccc1)N(Cc1cccc(Br)c1)C(=O)CCSc1ccc(C)cc1. The molecule has 3 rings (SSSR count). The van der Waals surface area contributed by atoms with E-state index < -0.39 is 6.04 Å². The maximum absolute atomic E-state index is 13.7. The van der Waals surface area contributed by atoms with E-state index in [9.17, 15) is 9.59 Å². The number of aryl methyl sites for hydroxylation is 1. The zero-order valence-electron chi connectivity index (χ0n) is 21.2. The van der Waals surface area contributed by atoms with Crippen molar-refractivity contribution in [2.75, 3.05) is 5.75 Å². The first-order valence-corrected chi connectivity index (χ1v) is 14.2. The molecule has 0 saturated heterocycles. The number of carbonyl (C=O) groups excluding carboxylic acids is 2. The molecule has 2 atom stereocenters.